The summed E-state index contributed by atoms with van der Waals surface area (Å²) in [6.07, 6.45) is 0.770. The summed E-state index contributed by atoms with van der Waals surface area (Å²) < 4.78 is 1.10. The van der Waals surface area contributed by atoms with Crippen molar-refractivity contribution in [2.24, 2.45) is 9.98 Å². The number of thioether (sulfide) groups is 1. The van der Waals surface area contributed by atoms with Crippen LogP contribution >= 0.6 is 47.5 Å². The van der Waals surface area contributed by atoms with Crippen molar-refractivity contribution in [1.29, 1.82) is 0 Å². The zero-order chi connectivity index (χ0) is 23.1. The average Bonchev–Trinajstić information content (AvgIpc) is 3.04. The Bertz CT molecular complexity index is 1120. The molecule has 4 rings (SSSR count). The molecule has 0 bridgehead atoms. The molecule has 0 saturated carbocycles. The first kappa shape index (κ1) is 27.0. The summed E-state index contributed by atoms with van der Waals surface area (Å²) in [6.45, 7) is 8.02. The lowest BCUT2D eigenvalue weighted by Crippen LogP contribution is -2.45. The zero-order valence-corrected chi connectivity index (χ0v) is 24.1. The van der Waals surface area contributed by atoms with Crippen LogP contribution in [0.1, 0.15) is 25.8 Å². The number of benzene rings is 3. The molecule has 0 radical (unpaired) electrons. The normalized spacial score (nSPS) is 13.3. The standard InChI is InChI=1S/C28H32N3S2.HI/c1-4-31(3,5-2)19-20-32-28-21-27(29-25-13-9-10-14-26(25)30-28)22-15-17-24(18-16-22)33-23-11-7-6-8-12-23;/h6-18H,4-5,19-21H2,1-3H3;1H/q+1;. The van der Waals surface area contributed by atoms with Gasteiger partial charge in [-0.15, -0.1) is 35.7 Å². The van der Waals surface area contributed by atoms with Gasteiger partial charge in [0.15, 0.2) is 0 Å². The smallest absolute Gasteiger partial charge is 0.0896 e. The molecule has 3 aromatic carbocycles. The molecule has 0 spiro atoms. The minimum atomic E-state index is 0. The summed E-state index contributed by atoms with van der Waals surface area (Å²) >= 11 is 3.67. The number of fused-ring (bicyclic) bond motifs is 1. The Kier molecular flexibility index (Phi) is 10.2. The lowest BCUT2D eigenvalue weighted by molar-refractivity contribution is -0.903. The summed E-state index contributed by atoms with van der Waals surface area (Å²) in [6, 6.07) is 27.5. The van der Waals surface area contributed by atoms with Gasteiger partial charge in [-0.25, -0.2) is 4.99 Å². The second-order valence-electron chi connectivity index (χ2n) is 8.49. The Hall–Kier alpha value is -1.61. The monoisotopic (exact) mass is 602 g/mol. The molecule has 6 heteroatoms. The van der Waals surface area contributed by atoms with Crippen LogP contribution in [0.2, 0.25) is 0 Å². The van der Waals surface area contributed by atoms with Crippen molar-refractivity contribution in [1.82, 2.24) is 0 Å². The number of halogens is 1. The Morgan fingerprint density at radius 2 is 1.35 bits per heavy atom. The quantitative estimate of drug-likeness (QED) is 0.192. The summed E-state index contributed by atoms with van der Waals surface area (Å²) in [5, 5.41) is 1.15. The van der Waals surface area contributed by atoms with E-state index in [9.17, 15) is 0 Å². The lowest BCUT2D eigenvalue weighted by Gasteiger charge is -2.31. The summed E-state index contributed by atoms with van der Waals surface area (Å²) in [7, 11) is 2.34. The molecule has 0 N–H and O–H groups in total. The van der Waals surface area contributed by atoms with Crippen molar-refractivity contribution < 1.29 is 4.48 Å². The van der Waals surface area contributed by atoms with E-state index in [-0.39, 0.29) is 24.0 Å². The third kappa shape index (κ3) is 7.20. The van der Waals surface area contributed by atoms with Gasteiger partial charge in [-0.3, -0.25) is 4.99 Å². The van der Waals surface area contributed by atoms with Crippen LogP contribution < -0.4 is 0 Å². The van der Waals surface area contributed by atoms with Crippen molar-refractivity contribution >= 4 is 69.6 Å². The van der Waals surface area contributed by atoms with E-state index >= 15 is 0 Å². The molecule has 1 aliphatic rings. The Balaban J connectivity index is 0.00000324. The van der Waals surface area contributed by atoms with Crippen molar-refractivity contribution in [2.45, 2.75) is 30.1 Å². The highest BCUT2D eigenvalue weighted by atomic mass is 127. The molecule has 0 saturated heterocycles. The van der Waals surface area contributed by atoms with E-state index in [1.165, 1.54) is 15.4 Å². The fraction of sp³-hybridized carbons (Fsp3) is 0.286. The molecule has 1 aliphatic heterocycles. The van der Waals surface area contributed by atoms with Crippen LogP contribution in [0, 0.1) is 0 Å². The third-order valence-corrected chi connectivity index (χ3v) is 8.27. The highest BCUT2D eigenvalue weighted by Gasteiger charge is 2.19. The van der Waals surface area contributed by atoms with Gasteiger partial charge in [-0.1, -0.05) is 54.2 Å². The van der Waals surface area contributed by atoms with E-state index in [1.54, 1.807) is 11.8 Å². The highest BCUT2D eigenvalue weighted by Crippen LogP contribution is 2.34. The maximum atomic E-state index is 5.04. The van der Waals surface area contributed by atoms with Crippen LogP contribution in [0.15, 0.2) is 98.6 Å². The zero-order valence-electron chi connectivity index (χ0n) is 20.1. The maximum Gasteiger partial charge on any atom is 0.0896 e. The number of hydrogen-bond donors (Lipinski definition) is 0. The number of nitrogens with zero attached hydrogens (tertiary/aromatic N) is 3. The fourth-order valence-corrected chi connectivity index (χ4v) is 5.68. The van der Waals surface area contributed by atoms with Crippen LogP contribution in [0.4, 0.5) is 11.4 Å². The van der Waals surface area contributed by atoms with E-state index in [1.807, 2.05) is 23.9 Å². The van der Waals surface area contributed by atoms with E-state index in [0.29, 0.717) is 0 Å². The molecule has 3 nitrogen and oxygen atoms in total. The van der Waals surface area contributed by atoms with Crippen LogP contribution in [0.5, 0.6) is 0 Å². The van der Waals surface area contributed by atoms with E-state index in [0.717, 1.165) is 58.4 Å². The molecule has 0 aromatic heterocycles. The van der Waals surface area contributed by atoms with Gasteiger partial charge in [-0.2, -0.15) is 0 Å². The number of para-hydroxylation sites is 2. The molecule has 0 atom stereocenters. The van der Waals surface area contributed by atoms with Crippen LogP contribution in [0.3, 0.4) is 0 Å². The minimum Gasteiger partial charge on any atom is -0.326 e. The second kappa shape index (κ2) is 12.9. The number of rotatable bonds is 8. The number of quaternary nitrogens is 1. The summed E-state index contributed by atoms with van der Waals surface area (Å²) in [5.74, 6) is 1.07. The van der Waals surface area contributed by atoms with Crippen molar-refractivity contribution in [3.8, 4) is 0 Å². The summed E-state index contributed by atoms with van der Waals surface area (Å²) in [4.78, 5) is 12.5. The maximum absolute atomic E-state index is 5.04. The average molecular weight is 603 g/mol. The molecule has 1 heterocycles. The topological polar surface area (TPSA) is 24.7 Å². The molecular weight excluding hydrogens is 569 g/mol. The lowest BCUT2D eigenvalue weighted by atomic mass is 10.1. The first-order valence-electron chi connectivity index (χ1n) is 11.6. The Labute approximate surface area is 229 Å². The molecule has 0 amide bonds. The second-order valence-corrected chi connectivity index (χ2v) is 10.8. The van der Waals surface area contributed by atoms with E-state index < -0.39 is 0 Å². The van der Waals surface area contributed by atoms with E-state index in [2.05, 4.69) is 87.6 Å². The van der Waals surface area contributed by atoms with Gasteiger partial charge in [0, 0.05) is 22.0 Å². The van der Waals surface area contributed by atoms with Gasteiger partial charge < -0.3 is 4.48 Å². The van der Waals surface area contributed by atoms with Crippen molar-refractivity contribution in [2.75, 3.05) is 32.4 Å². The number of hydrogen-bond acceptors (Lipinski definition) is 4. The molecule has 0 fully saturated rings. The molecule has 34 heavy (non-hydrogen) atoms. The predicted octanol–water partition coefficient (Wildman–Crippen LogP) is 8.23. The van der Waals surface area contributed by atoms with Gasteiger partial charge in [0.1, 0.15) is 0 Å². The molecule has 0 aliphatic carbocycles. The van der Waals surface area contributed by atoms with E-state index in [4.69, 9.17) is 9.98 Å². The van der Waals surface area contributed by atoms with Crippen molar-refractivity contribution in [3.05, 3.63) is 84.4 Å². The minimum absolute atomic E-state index is 0. The SMILES string of the molecule is CC[N+](C)(CC)CCSC1=Nc2ccccc2N=C(c2ccc(Sc3ccccc3)cc2)C1.I. The highest BCUT2D eigenvalue weighted by molar-refractivity contribution is 14.0. The van der Waals surface area contributed by atoms with Gasteiger partial charge in [0.2, 0.25) is 0 Å². The molecule has 178 valence electrons. The van der Waals surface area contributed by atoms with Crippen LogP contribution in [-0.4, -0.2) is 47.7 Å². The fourth-order valence-electron chi connectivity index (χ4n) is 3.67. The third-order valence-electron chi connectivity index (χ3n) is 6.29. The predicted molar refractivity (Wildman–Crippen MR) is 161 cm³/mol. The Morgan fingerprint density at radius 1 is 0.765 bits per heavy atom. The van der Waals surface area contributed by atoms with Gasteiger partial charge in [-0.05, 0) is 55.8 Å². The Morgan fingerprint density at radius 3 is 2.00 bits per heavy atom. The van der Waals surface area contributed by atoms with Gasteiger partial charge in [0.05, 0.1) is 48.8 Å². The molecule has 0 unspecified atom stereocenters. The molecular formula is C28H33IN3S2+. The van der Waals surface area contributed by atoms with Gasteiger partial charge in [0.25, 0.3) is 0 Å². The molecule has 3 aromatic rings. The summed E-state index contributed by atoms with van der Waals surface area (Å²) in [5.41, 5.74) is 4.17. The number of aliphatic imine (C=N–C) groups is 2. The first-order chi connectivity index (χ1) is 16.1. The van der Waals surface area contributed by atoms with Crippen molar-refractivity contribution in [3.63, 3.8) is 0 Å². The largest absolute Gasteiger partial charge is 0.326 e. The van der Waals surface area contributed by atoms with Crippen LogP contribution in [0.25, 0.3) is 0 Å². The first-order valence-corrected chi connectivity index (χ1v) is 13.4. The van der Waals surface area contributed by atoms with Gasteiger partial charge >= 0.3 is 0 Å². The van der Waals surface area contributed by atoms with Crippen LogP contribution in [-0.2, 0) is 0 Å².